The van der Waals surface area contributed by atoms with E-state index in [1.807, 2.05) is 37.4 Å². The Morgan fingerprint density at radius 1 is 1.10 bits per heavy atom. The Labute approximate surface area is 168 Å². The Morgan fingerprint density at radius 3 is 2.72 bits per heavy atom. The van der Waals surface area contributed by atoms with Crippen LogP contribution in [-0.4, -0.2) is 48.0 Å². The van der Waals surface area contributed by atoms with Crippen molar-refractivity contribution in [2.24, 2.45) is 0 Å². The van der Waals surface area contributed by atoms with Gasteiger partial charge in [0.1, 0.15) is 13.2 Å². The Morgan fingerprint density at radius 2 is 1.90 bits per heavy atom. The van der Waals surface area contributed by atoms with Gasteiger partial charge in [0.25, 0.3) is 0 Å². The van der Waals surface area contributed by atoms with Crippen molar-refractivity contribution in [3.8, 4) is 11.5 Å². The van der Waals surface area contributed by atoms with Gasteiger partial charge < -0.3 is 24.7 Å². The van der Waals surface area contributed by atoms with Gasteiger partial charge in [-0.2, -0.15) is 0 Å². The van der Waals surface area contributed by atoms with Crippen LogP contribution in [0.15, 0.2) is 48.7 Å². The molecule has 0 unspecified atom stereocenters. The molecule has 1 aromatic heterocycles. The number of anilines is 1. The minimum absolute atomic E-state index is 0.00781. The third kappa shape index (κ3) is 4.18. The molecule has 0 fully saturated rings. The van der Waals surface area contributed by atoms with E-state index in [0.717, 1.165) is 16.5 Å². The van der Waals surface area contributed by atoms with Crippen molar-refractivity contribution >= 4 is 28.4 Å². The molecule has 2 N–H and O–H groups in total. The number of hydrogen-bond acceptors (Lipinski definition) is 4. The van der Waals surface area contributed by atoms with Crippen LogP contribution < -0.4 is 14.8 Å². The number of rotatable bonds is 6. The van der Waals surface area contributed by atoms with Crippen LogP contribution in [-0.2, 0) is 16.0 Å². The quantitative estimate of drug-likeness (QED) is 0.674. The molecule has 1 aliphatic rings. The highest BCUT2D eigenvalue weighted by molar-refractivity contribution is 5.96. The van der Waals surface area contributed by atoms with Gasteiger partial charge in [0.05, 0.1) is 13.0 Å². The van der Waals surface area contributed by atoms with E-state index in [0.29, 0.717) is 36.9 Å². The molecule has 2 amide bonds. The number of fused-ring (bicyclic) bond motifs is 2. The summed E-state index contributed by atoms with van der Waals surface area (Å²) in [5, 5.41) is 3.85. The molecule has 7 heteroatoms. The third-order valence-electron chi connectivity index (χ3n) is 4.91. The number of nitrogens with zero attached hydrogens (tertiary/aromatic N) is 1. The average Bonchev–Trinajstić information content (AvgIpc) is 3.14. The first kappa shape index (κ1) is 18.9. The van der Waals surface area contributed by atoms with Crippen LogP contribution in [0.2, 0.25) is 0 Å². The van der Waals surface area contributed by atoms with E-state index in [9.17, 15) is 9.59 Å². The SMILES string of the molecule is CCN(CC(=O)Nc1ccc2c(c1)OCCO2)C(=O)Cc1c[nH]c2ccccc12. The lowest BCUT2D eigenvalue weighted by Gasteiger charge is -2.21. The van der Waals surface area contributed by atoms with Crippen molar-refractivity contribution in [1.29, 1.82) is 0 Å². The van der Waals surface area contributed by atoms with Gasteiger partial charge in [-0.3, -0.25) is 9.59 Å². The summed E-state index contributed by atoms with van der Waals surface area (Å²) < 4.78 is 11.0. The molecule has 29 heavy (non-hydrogen) atoms. The predicted molar refractivity (Wildman–Crippen MR) is 110 cm³/mol. The molecular formula is C22H23N3O4. The molecule has 2 aromatic carbocycles. The van der Waals surface area contributed by atoms with E-state index in [1.54, 1.807) is 23.1 Å². The number of amides is 2. The fourth-order valence-electron chi connectivity index (χ4n) is 3.42. The van der Waals surface area contributed by atoms with Gasteiger partial charge in [0.2, 0.25) is 11.8 Å². The summed E-state index contributed by atoms with van der Waals surface area (Å²) in [4.78, 5) is 30.0. The van der Waals surface area contributed by atoms with Gasteiger partial charge >= 0.3 is 0 Å². The van der Waals surface area contributed by atoms with E-state index in [1.165, 1.54) is 0 Å². The number of carbonyl (C=O) groups excluding carboxylic acids is 2. The van der Waals surface area contributed by atoms with Gasteiger partial charge in [-0.15, -0.1) is 0 Å². The van der Waals surface area contributed by atoms with Gasteiger partial charge in [-0.25, -0.2) is 0 Å². The van der Waals surface area contributed by atoms with Crippen molar-refractivity contribution in [1.82, 2.24) is 9.88 Å². The van der Waals surface area contributed by atoms with Crippen molar-refractivity contribution in [3.63, 3.8) is 0 Å². The zero-order valence-corrected chi connectivity index (χ0v) is 16.2. The fourth-order valence-corrected chi connectivity index (χ4v) is 3.42. The summed E-state index contributed by atoms with van der Waals surface area (Å²) in [6, 6.07) is 13.1. The standard InChI is InChI=1S/C22H23N3O4/c1-2-25(22(27)11-15-13-23-18-6-4-3-5-17(15)18)14-21(26)24-16-7-8-19-20(12-16)29-10-9-28-19/h3-8,12-13,23H,2,9-11,14H2,1H3,(H,24,26). The fraction of sp³-hybridized carbons (Fsp3) is 0.273. The second kappa shape index (κ2) is 8.26. The van der Waals surface area contributed by atoms with E-state index < -0.39 is 0 Å². The summed E-state index contributed by atoms with van der Waals surface area (Å²) in [6.45, 7) is 3.31. The van der Waals surface area contributed by atoms with E-state index in [-0.39, 0.29) is 24.8 Å². The van der Waals surface area contributed by atoms with Crippen LogP contribution in [0.1, 0.15) is 12.5 Å². The van der Waals surface area contributed by atoms with Crippen LogP contribution in [0.25, 0.3) is 10.9 Å². The maximum atomic E-state index is 12.8. The van der Waals surface area contributed by atoms with Crippen LogP contribution in [0.3, 0.4) is 0 Å². The number of aromatic nitrogens is 1. The number of para-hydroxylation sites is 1. The Hall–Kier alpha value is -3.48. The zero-order chi connectivity index (χ0) is 20.2. The molecule has 0 radical (unpaired) electrons. The average molecular weight is 393 g/mol. The lowest BCUT2D eigenvalue weighted by molar-refractivity contribution is -0.133. The first-order valence-corrected chi connectivity index (χ1v) is 9.66. The second-order valence-electron chi connectivity index (χ2n) is 6.85. The number of aromatic amines is 1. The van der Waals surface area contributed by atoms with Gasteiger partial charge in [-0.1, -0.05) is 18.2 Å². The minimum atomic E-state index is -0.254. The monoisotopic (exact) mass is 393 g/mol. The molecule has 4 rings (SSSR count). The highest BCUT2D eigenvalue weighted by atomic mass is 16.6. The smallest absolute Gasteiger partial charge is 0.243 e. The molecule has 2 heterocycles. The van der Waals surface area contributed by atoms with Crippen molar-refractivity contribution in [2.45, 2.75) is 13.3 Å². The van der Waals surface area contributed by atoms with Crippen molar-refractivity contribution in [2.75, 3.05) is 31.6 Å². The first-order valence-electron chi connectivity index (χ1n) is 9.66. The molecule has 0 bridgehead atoms. The molecule has 0 saturated heterocycles. The van der Waals surface area contributed by atoms with Gasteiger partial charge in [0.15, 0.2) is 11.5 Å². The normalized spacial score (nSPS) is 12.6. The molecule has 0 aliphatic carbocycles. The summed E-state index contributed by atoms with van der Waals surface area (Å²) >= 11 is 0. The number of hydrogen-bond donors (Lipinski definition) is 2. The molecule has 7 nitrogen and oxygen atoms in total. The summed E-state index contributed by atoms with van der Waals surface area (Å²) in [7, 11) is 0. The van der Waals surface area contributed by atoms with E-state index >= 15 is 0 Å². The Balaban J connectivity index is 1.39. The number of benzene rings is 2. The first-order chi connectivity index (χ1) is 14.1. The maximum absolute atomic E-state index is 12.8. The van der Waals surface area contributed by atoms with Crippen molar-refractivity contribution < 1.29 is 19.1 Å². The van der Waals surface area contributed by atoms with E-state index in [4.69, 9.17) is 9.47 Å². The Kier molecular flexibility index (Phi) is 5.37. The Bertz CT molecular complexity index is 1040. The number of nitrogens with one attached hydrogen (secondary N) is 2. The summed E-state index contributed by atoms with van der Waals surface area (Å²) in [5.41, 5.74) is 2.53. The summed E-state index contributed by atoms with van der Waals surface area (Å²) in [5.74, 6) is 0.931. The van der Waals surface area contributed by atoms with Crippen LogP contribution in [0.5, 0.6) is 11.5 Å². The number of H-pyrrole nitrogens is 1. The van der Waals surface area contributed by atoms with Crippen molar-refractivity contribution in [3.05, 3.63) is 54.2 Å². The zero-order valence-electron chi connectivity index (χ0n) is 16.2. The second-order valence-corrected chi connectivity index (χ2v) is 6.85. The predicted octanol–water partition coefficient (Wildman–Crippen LogP) is 2.97. The molecule has 0 atom stereocenters. The minimum Gasteiger partial charge on any atom is -0.486 e. The lowest BCUT2D eigenvalue weighted by atomic mass is 10.1. The summed E-state index contributed by atoms with van der Waals surface area (Å²) in [6.07, 6.45) is 2.10. The van der Waals surface area contributed by atoms with Crippen LogP contribution in [0, 0.1) is 0 Å². The number of likely N-dealkylation sites (N-methyl/N-ethyl adjacent to an activating group) is 1. The number of ether oxygens (including phenoxy) is 2. The topological polar surface area (TPSA) is 83.7 Å². The molecule has 0 spiro atoms. The largest absolute Gasteiger partial charge is 0.486 e. The molecule has 0 saturated carbocycles. The molecule has 150 valence electrons. The van der Waals surface area contributed by atoms with Crippen LogP contribution >= 0.6 is 0 Å². The number of carbonyl (C=O) groups is 2. The van der Waals surface area contributed by atoms with Gasteiger partial charge in [-0.05, 0) is 30.7 Å². The molecular weight excluding hydrogens is 370 g/mol. The highest BCUT2D eigenvalue weighted by Crippen LogP contribution is 2.32. The van der Waals surface area contributed by atoms with Gasteiger partial charge in [0, 0.05) is 35.4 Å². The lowest BCUT2D eigenvalue weighted by Crippen LogP contribution is -2.38. The van der Waals surface area contributed by atoms with E-state index in [2.05, 4.69) is 10.3 Å². The highest BCUT2D eigenvalue weighted by Gasteiger charge is 2.18. The third-order valence-corrected chi connectivity index (χ3v) is 4.91. The van der Waals surface area contributed by atoms with Crippen LogP contribution in [0.4, 0.5) is 5.69 Å². The maximum Gasteiger partial charge on any atom is 0.243 e. The molecule has 3 aromatic rings. The molecule has 1 aliphatic heterocycles.